The molecular formula is C16H10ClF2N5. The Morgan fingerprint density at radius 2 is 1.75 bits per heavy atom. The zero-order valence-corrected chi connectivity index (χ0v) is 12.9. The number of hydrogen-bond donors (Lipinski definition) is 1. The average molecular weight is 346 g/mol. The molecule has 1 aromatic heterocycles. The quantitative estimate of drug-likeness (QED) is 0.770. The lowest BCUT2D eigenvalue weighted by Crippen LogP contribution is -2.21. The summed E-state index contributed by atoms with van der Waals surface area (Å²) in [4.78, 5) is 0. The van der Waals surface area contributed by atoms with Crippen molar-refractivity contribution in [1.29, 1.82) is 0 Å². The van der Waals surface area contributed by atoms with Crippen molar-refractivity contribution in [3.8, 4) is 0 Å². The molecule has 5 nitrogen and oxygen atoms in total. The van der Waals surface area contributed by atoms with Crippen LogP contribution >= 0.6 is 11.6 Å². The minimum Gasteiger partial charge on any atom is -0.322 e. The average Bonchev–Trinajstić information content (AvgIpc) is 3.03. The summed E-state index contributed by atoms with van der Waals surface area (Å²) in [6.07, 6.45) is 1.67. The highest BCUT2D eigenvalue weighted by molar-refractivity contribution is 6.30. The molecular weight excluding hydrogens is 336 g/mol. The number of aromatic nitrogens is 4. The molecule has 4 rings (SSSR count). The number of halogens is 3. The second-order valence-corrected chi connectivity index (χ2v) is 5.68. The summed E-state index contributed by atoms with van der Waals surface area (Å²) < 4.78 is 29.8. The van der Waals surface area contributed by atoms with Crippen LogP contribution in [0.3, 0.4) is 0 Å². The Kier molecular flexibility index (Phi) is 3.50. The Morgan fingerprint density at radius 3 is 2.46 bits per heavy atom. The zero-order chi connectivity index (χ0) is 16.7. The number of anilines is 1. The maximum Gasteiger partial charge on any atom is 0.248 e. The summed E-state index contributed by atoms with van der Waals surface area (Å²) in [6.45, 7) is 0. The van der Waals surface area contributed by atoms with Gasteiger partial charge in [0.15, 0.2) is 0 Å². The molecule has 120 valence electrons. The molecule has 1 aliphatic rings. The van der Waals surface area contributed by atoms with Crippen molar-refractivity contribution in [1.82, 2.24) is 20.2 Å². The molecule has 0 amide bonds. The van der Waals surface area contributed by atoms with Gasteiger partial charge in [0, 0.05) is 5.02 Å². The third-order valence-corrected chi connectivity index (χ3v) is 4.02. The van der Waals surface area contributed by atoms with E-state index in [4.69, 9.17) is 11.6 Å². The molecule has 8 heteroatoms. The Bertz CT molecular complexity index is 916. The molecule has 0 aliphatic carbocycles. The molecule has 0 saturated heterocycles. The van der Waals surface area contributed by atoms with Crippen LogP contribution in [-0.2, 0) is 0 Å². The third-order valence-electron chi connectivity index (χ3n) is 3.77. The van der Waals surface area contributed by atoms with Crippen LogP contribution in [0.15, 0.2) is 48.5 Å². The van der Waals surface area contributed by atoms with Gasteiger partial charge in [-0.3, -0.25) is 0 Å². The van der Waals surface area contributed by atoms with Gasteiger partial charge in [-0.05, 0) is 46.3 Å². The molecule has 0 radical (unpaired) electrons. The second-order valence-electron chi connectivity index (χ2n) is 5.25. The Balaban J connectivity index is 1.86. The van der Waals surface area contributed by atoms with E-state index in [2.05, 4.69) is 20.8 Å². The Labute approximate surface area is 140 Å². The summed E-state index contributed by atoms with van der Waals surface area (Å²) in [5, 5.41) is 14.9. The maximum atomic E-state index is 14.1. The highest BCUT2D eigenvalue weighted by atomic mass is 35.5. The van der Waals surface area contributed by atoms with Crippen LogP contribution in [0.25, 0.3) is 5.70 Å². The van der Waals surface area contributed by atoms with Crippen molar-refractivity contribution in [2.24, 2.45) is 0 Å². The van der Waals surface area contributed by atoms with Crippen LogP contribution in [-0.4, -0.2) is 20.2 Å². The van der Waals surface area contributed by atoms with E-state index < -0.39 is 17.7 Å². The predicted octanol–water partition coefficient (Wildman–Crippen LogP) is 3.66. The summed E-state index contributed by atoms with van der Waals surface area (Å²) in [7, 11) is 0. The van der Waals surface area contributed by atoms with Crippen molar-refractivity contribution in [3.63, 3.8) is 0 Å². The molecule has 1 atom stereocenters. The van der Waals surface area contributed by atoms with Crippen molar-refractivity contribution in [2.45, 2.75) is 6.04 Å². The standard InChI is InChI=1S/C16H10ClF2N5/c17-10-6-4-9(5-7-10)14-8-13(20-16-21-22-23-24(14)16)15-11(18)2-1-3-12(15)19/h1-8,14H,(H,20,21,23)/t14-/m0/s1. The van der Waals surface area contributed by atoms with Gasteiger partial charge in [-0.25, -0.2) is 8.78 Å². The van der Waals surface area contributed by atoms with Crippen molar-refractivity contribution in [2.75, 3.05) is 5.32 Å². The Morgan fingerprint density at radius 1 is 1.04 bits per heavy atom. The fraction of sp³-hybridized carbons (Fsp3) is 0.0625. The fourth-order valence-electron chi connectivity index (χ4n) is 2.65. The maximum absolute atomic E-state index is 14.1. The minimum atomic E-state index is -0.662. The van der Waals surface area contributed by atoms with Gasteiger partial charge in [-0.1, -0.05) is 34.9 Å². The summed E-state index contributed by atoms with van der Waals surface area (Å²) in [5.74, 6) is -1.02. The molecule has 2 heterocycles. The molecule has 0 unspecified atom stereocenters. The zero-order valence-electron chi connectivity index (χ0n) is 12.1. The number of tetrazole rings is 1. The summed E-state index contributed by atoms with van der Waals surface area (Å²) >= 11 is 5.92. The van der Waals surface area contributed by atoms with Gasteiger partial charge < -0.3 is 5.32 Å². The topological polar surface area (TPSA) is 55.6 Å². The van der Waals surface area contributed by atoms with E-state index in [0.717, 1.165) is 5.56 Å². The van der Waals surface area contributed by atoms with Gasteiger partial charge in [0.2, 0.25) is 5.95 Å². The van der Waals surface area contributed by atoms with Crippen LogP contribution in [0.4, 0.5) is 14.7 Å². The molecule has 0 spiro atoms. The highest BCUT2D eigenvalue weighted by Crippen LogP contribution is 2.33. The van der Waals surface area contributed by atoms with E-state index in [9.17, 15) is 8.78 Å². The molecule has 1 aliphatic heterocycles. The predicted molar refractivity (Wildman–Crippen MR) is 85.4 cm³/mol. The van der Waals surface area contributed by atoms with Crippen molar-refractivity contribution >= 4 is 23.2 Å². The van der Waals surface area contributed by atoms with Crippen LogP contribution in [0.1, 0.15) is 17.2 Å². The second kappa shape index (κ2) is 5.68. The van der Waals surface area contributed by atoms with Gasteiger partial charge in [-0.2, -0.15) is 4.68 Å². The van der Waals surface area contributed by atoms with Crippen LogP contribution < -0.4 is 5.32 Å². The molecule has 0 bridgehead atoms. The first-order valence-electron chi connectivity index (χ1n) is 7.10. The van der Waals surface area contributed by atoms with Crippen molar-refractivity contribution < 1.29 is 8.78 Å². The highest BCUT2D eigenvalue weighted by Gasteiger charge is 2.26. The summed E-state index contributed by atoms with van der Waals surface area (Å²) in [5.41, 5.74) is 0.960. The first-order valence-corrected chi connectivity index (χ1v) is 7.48. The molecule has 3 aromatic rings. The number of hydrogen-bond acceptors (Lipinski definition) is 4. The van der Waals surface area contributed by atoms with Gasteiger partial charge in [-0.15, -0.1) is 0 Å². The molecule has 2 aromatic carbocycles. The Hall–Kier alpha value is -2.80. The largest absolute Gasteiger partial charge is 0.322 e. The van der Waals surface area contributed by atoms with E-state index in [-0.39, 0.29) is 11.3 Å². The van der Waals surface area contributed by atoms with Gasteiger partial charge >= 0.3 is 0 Å². The first-order chi connectivity index (χ1) is 11.6. The van der Waals surface area contributed by atoms with Crippen LogP contribution in [0.2, 0.25) is 5.02 Å². The van der Waals surface area contributed by atoms with Gasteiger partial charge in [0.25, 0.3) is 0 Å². The number of rotatable bonds is 2. The SMILES string of the molecule is Fc1cccc(F)c1C1=C[C@@H](c2ccc(Cl)cc2)n2nnnc2N1. The molecule has 0 saturated carbocycles. The number of allylic oxidation sites excluding steroid dienone is 1. The number of nitrogens with zero attached hydrogens (tertiary/aromatic N) is 4. The van der Waals surface area contributed by atoms with E-state index >= 15 is 0 Å². The van der Waals surface area contributed by atoms with Gasteiger partial charge in [0.05, 0.1) is 11.3 Å². The van der Waals surface area contributed by atoms with E-state index in [1.165, 1.54) is 22.9 Å². The minimum absolute atomic E-state index is 0.147. The lowest BCUT2D eigenvalue weighted by atomic mass is 10.0. The number of benzene rings is 2. The fourth-order valence-corrected chi connectivity index (χ4v) is 2.78. The van der Waals surface area contributed by atoms with Crippen LogP contribution in [0, 0.1) is 11.6 Å². The van der Waals surface area contributed by atoms with E-state index in [0.29, 0.717) is 11.0 Å². The smallest absolute Gasteiger partial charge is 0.248 e. The third kappa shape index (κ3) is 2.43. The summed E-state index contributed by atoms with van der Waals surface area (Å²) in [6, 6.07) is 10.4. The molecule has 0 fully saturated rings. The normalized spacial score (nSPS) is 16.3. The molecule has 1 N–H and O–H groups in total. The number of nitrogens with one attached hydrogen (secondary N) is 1. The van der Waals surface area contributed by atoms with Gasteiger partial charge in [0.1, 0.15) is 17.7 Å². The van der Waals surface area contributed by atoms with E-state index in [1.54, 1.807) is 18.2 Å². The van der Waals surface area contributed by atoms with Crippen LogP contribution in [0.5, 0.6) is 0 Å². The van der Waals surface area contributed by atoms with E-state index in [1.807, 2.05) is 12.1 Å². The monoisotopic (exact) mass is 345 g/mol. The van der Waals surface area contributed by atoms with Crippen molar-refractivity contribution in [3.05, 3.63) is 76.3 Å². The molecule has 24 heavy (non-hydrogen) atoms. The lowest BCUT2D eigenvalue weighted by molar-refractivity contribution is 0.569. The number of fused-ring (bicyclic) bond motifs is 1. The lowest BCUT2D eigenvalue weighted by Gasteiger charge is -2.23. The first kappa shape index (κ1) is 14.8.